The number of benzene rings is 1. The minimum Gasteiger partial charge on any atom is -0.350 e. The zero-order chi connectivity index (χ0) is 25.4. The number of fused-ring (bicyclic) bond motifs is 1. The minimum absolute atomic E-state index is 0.0562. The second kappa shape index (κ2) is 9.42. The van der Waals surface area contributed by atoms with Gasteiger partial charge in [0.15, 0.2) is 0 Å². The molecular formula is C26H28N6O3S. The molecule has 1 aliphatic rings. The first-order valence-electron chi connectivity index (χ1n) is 12.0. The van der Waals surface area contributed by atoms with E-state index in [2.05, 4.69) is 41.4 Å². The predicted octanol–water partition coefficient (Wildman–Crippen LogP) is 4.95. The fourth-order valence-electron chi connectivity index (χ4n) is 4.36. The Morgan fingerprint density at radius 3 is 2.56 bits per heavy atom. The van der Waals surface area contributed by atoms with Crippen molar-refractivity contribution >= 4 is 39.2 Å². The summed E-state index contributed by atoms with van der Waals surface area (Å²) in [6.07, 6.45) is 1.39. The van der Waals surface area contributed by atoms with E-state index in [4.69, 9.17) is 9.51 Å². The fraction of sp³-hybridized carbons (Fsp3) is 0.385. The molecule has 0 saturated carbocycles. The molecule has 1 fully saturated rings. The van der Waals surface area contributed by atoms with Gasteiger partial charge in [-0.15, -0.1) is 10.2 Å². The third-order valence-corrected chi connectivity index (χ3v) is 7.61. The van der Waals surface area contributed by atoms with Crippen molar-refractivity contribution in [2.24, 2.45) is 0 Å². The molecule has 2 amide bonds. The van der Waals surface area contributed by atoms with Crippen LogP contribution in [0.2, 0.25) is 0 Å². The zero-order valence-electron chi connectivity index (χ0n) is 20.7. The Kier molecular flexibility index (Phi) is 6.29. The molecule has 0 radical (unpaired) electrons. The van der Waals surface area contributed by atoms with E-state index in [1.807, 2.05) is 43.3 Å². The van der Waals surface area contributed by atoms with Crippen molar-refractivity contribution in [3.05, 3.63) is 64.1 Å². The van der Waals surface area contributed by atoms with Gasteiger partial charge in [-0.2, -0.15) is 0 Å². The summed E-state index contributed by atoms with van der Waals surface area (Å²) in [5.74, 6) is -0.0887. The molecule has 9 nitrogen and oxygen atoms in total. The lowest BCUT2D eigenvalue weighted by Gasteiger charge is -2.31. The number of piperidine rings is 1. The lowest BCUT2D eigenvalue weighted by Crippen LogP contribution is -2.38. The molecule has 3 aromatic heterocycles. The van der Waals surface area contributed by atoms with E-state index in [0.29, 0.717) is 42.1 Å². The number of likely N-dealkylation sites (tertiary alicyclic amines) is 1. The van der Waals surface area contributed by atoms with Gasteiger partial charge >= 0.3 is 0 Å². The Morgan fingerprint density at radius 1 is 1.08 bits per heavy atom. The summed E-state index contributed by atoms with van der Waals surface area (Å²) in [6, 6.07) is 11.1. The third-order valence-electron chi connectivity index (χ3n) is 6.34. The molecule has 5 rings (SSSR count). The summed E-state index contributed by atoms with van der Waals surface area (Å²) in [7, 11) is 0. The Bertz CT molecular complexity index is 1430. The van der Waals surface area contributed by atoms with Crippen molar-refractivity contribution in [2.75, 3.05) is 18.4 Å². The van der Waals surface area contributed by atoms with Crippen molar-refractivity contribution < 1.29 is 14.1 Å². The van der Waals surface area contributed by atoms with Gasteiger partial charge in [-0.1, -0.05) is 49.4 Å². The lowest BCUT2D eigenvalue weighted by molar-refractivity contribution is 0.0672. The Balaban J connectivity index is 1.30. The highest BCUT2D eigenvalue weighted by molar-refractivity contribution is 7.15. The number of carbonyl (C=O) groups excluding carboxylic acids is 2. The van der Waals surface area contributed by atoms with Crippen LogP contribution in [0.25, 0.3) is 10.9 Å². The number of rotatable bonds is 4. The first-order valence-corrected chi connectivity index (χ1v) is 12.8. The first kappa shape index (κ1) is 24.1. The van der Waals surface area contributed by atoms with Crippen LogP contribution in [-0.2, 0) is 5.41 Å². The number of carbonyl (C=O) groups is 2. The zero-order valence-corrected chi connectivity index (χ0v) is 21.6. The predicted molar refractivity (Wildman–Crippen MR) is 137 cm³/mol. The Labute approximate surface area is 212 Å². The summed E-state index contributed by atoms with van der Waals surface area (Å²) in [6.45, 7) is 9.18. The van der Waals surface area contributed by atoms with Crippen molar-refractivity contribution in [2.45, 2.75) is 51.9 Å². The van der Waals surface area contributed by atoms with Crippen molar-refractivity contribution in [1.82, 2.24) is 25.2 Å². The molecule has 10 heteroatoms. The van der Waals surface area contributed by atoms with Crippen LogP contribution in [0.1, 0.15) is 76.8 Å². The number of anilines is 1. The third kappa shape index (κ3) is 4.73. The molecule has 1 N–H and O–H groups in total. The van der Waals surface area contributed by atoms with Crippen LogP contribution in [0.5, 0.6) is 0 Å². The molecule has 4 heterocycles. The molecule has 1 aliphatic heterocycles. The van der Waals surface area contributed by atoms with Crippen molar-refractivity contribution in [3.8, 4) is 0 Å². The van der Waals surface area contributed by atoms with Crippen LogP contribution in [0.4, 0.5) is 5.13 Å². The van der Waals surface area contributed by atoms with Gasteiger partial charge in [-0.05, 0) is 44.0 Å². The highest BCUT2D eigenvalue weighted by Gasteiger charge is 2.31. The summed E-state index contributed by atoms with van der Waals surface area (Å²) in [5, 5.41) is 17.3. The van der Waals surface area contributed by atoms with Crippen LogP contribution in [0.15, 0.2) is 40.9 Å². The van der Waals surface area contributed by atoms with Crippen LogP contribution in [0, 0.1) is 6.92 Å². The van der Waals surface area contributed by atoms with E-state index >= 15 is 0 Å². The molecule has 1 saturated heterocycles. The highest BCUT2D eigenvalue weighted by atomic mass is 32.1. The highest BCUT2D eigenvalue weighted by Crippen LogP contribution is 2.32. The van der Waals surface area contributed by atoms with Gasteiger partial charge in [-0.25, -0.2) is 0 Å². The van der Waals surface area contributed by atoms with Gasteiger partial charge in [0, 0.05) is 30.1 Å². The molecule has 36 heavy (non-hydrogen) atoms. The number of hydrogen-bond donors (Lipinski definition) is 1. The van der Waals surface area contributed by atoms with Crippen LogP contribution in [-0.4, -0.2) is 50.1 Å². The maximum absolute atomic E-state index is 13.2. The number of nitrogens with one attached hydrogen (secondary N) is 1. The standard InChI is InChI=1S/C26H28N6O3S/c1-15-9-10-18(22(33)28-25-30-29-24(36-25)26(2,3)4)20(27-15)16-11-13-32(14-12-16)23(34)21-17-7-5-6-8-19(17)31-35-21/h5-10,16H,11-14H2,1-4H3,(H,28,30,33). The maximum atomic E-state index is 13.2. The largest absolute Gasteiger partial charge is 0.350 e. The van der Waals surface area contributed by atoms with E-state index in [1.54, 1.807) is 4.90 Å². The second-order valence-corrected chi connectivity index (χ2v) is 11.1. The van der Waals surface area contributed by atoms with Crippen molar-refractivity contribution in [1.29, 1.82) is 0 Å². The summed E-state index contributed by atoms with van der Waals surface area (Å²) < 4.78 is 5.37. The number of nitrogens with zero attached hydrogens (tertiary/aromatic N) is 5. The van der Waals surface area contributed by atoms with E-state index in [1.165, 1.54) is 11.3 Å². The number of hydrogen-bond acceptors (Lipinski definition) is 8. The van der Waals surface area contributed by atoms with Gasteiger partial charge < -0.3 is 9.42 Å². The number of pyridine rings is 1. The molecule has 0 aliphatic carbocycles. The van der Waals surface area contributed by atoms with Gasteiger partial charge in [0.2, 0.25) is 10.9 Å². The van der Waals surface area contributed by atoms with Gasteiger partial charge in [0.25, 0.3) is 11.8 Å². The molecule has 0 spiro atoms. The smallest absolute Gasteiger partial charge is 0.293 e. The first-order chi connectivity index (χ1) is 17.2. The number of aromatic nitrogens is 4. The van der Waals surface area contributed by atoms with Gasteiger partial charge in [-0.3, -0.25) is 19.9 Å². The molecule has 186 valence electrons. The normalized spacial score (nSPS) is 14.8. The number of aryl methyl sites for hydroxylation is 1. The van der Waals surface area contributed by atoms with Gasteiger partial charge in [0.1, 0.15) is 10.5 Å². The van der Waals surface area contributed by atoms with Crippen LogP contribution >= 0.6 is 11.3 Å². The molecule has 4 aromatic rings. The Hall–Kier alpha value is -3.66. The SMILES string of the molecule is Cc1ccc(C(=O)Nc2nnc(C(C)(C)C)s2)c(C2CCN(C(=O)c3onc4ccccc34)CC2)n1. The average Bonchev–Trinajstić information content (AvgIpc) is 3.51. The van der Waals surface area contributed by atoms with E-state index < -0.39 is 0 Å². The van der Waals surface area contributed by atoms with E-state index in [9.17, 15) is 9.59 Å². The Morgan fingerprint density at radius 2 is 1.83 bits per heavy atom. The van der Waals surface area contributed by atoms with E-state index in [-0.39, 0.29) is 28.9 Å². The van der Waals surface area contributed by atoms with Crippen molar-refractivity contribution in [3.63, 3.8) is 0 Å². The topological polar surface area (TPSA) is 114 Å². The number of amides is 2. The second-order valence-electron chi connectivity index (χ2n) is 10.1. The van der Waals surface area contributed by atoms with Crippen LogP contribution in [0.3, 0.4) is 0 Å². The summed E-state index contributed by atoms with van der Waals surface area (Å²) in [4.78, 5) is 32.9. The fourth-order valence-corrected chi connectivity index (χ4v) is 5.16. The van der Waals surface area contributed by atoms with E-state index in [0.717, 1.165) is 21.8 Å². The molecule has 0 atom stereocenters. The monoisotopic (exact) mass is 504 g/mol. The van der Waals surface area contributed by atoms with Gasteiger partial charge in [0.05, 0.1) is 16.6 Å². The molecular weight excluding hydrogens is 476 g/mol. The lowest BCUT2D eigenvalue weighted by atomic mass is 9.89. The quantitative estimate of drug-likeness (QED) is 0.418. The molecule has 0 bridgehead atoms. The van der Waals surface area contributed by atoms with Crippen LogP contribution < -0.4 is 5.32 Å². The average molecular weight is 505 g/mol. The molecule has 1 aromatic carbocycles. The summed E-state index contributed by atoms with van der Waals surface area (Å²) in [5.41, 5.74) is 2.66. The maximum Gasteiger partial charge on any atom is 0.293 e. The summed E-state index contributed by atoms with van der Waals surface area (Å²) >= 11 is 1.38. The minimum atomic E-state index is -0.249. The molecule has 0 unspecified atom stereocenters.